The number of esters is 2. The van der Waals surface area contributed by atoms with E-state index in [2.05, 4.69) is 0 Å². The molecule has 0 saturated carbocycles. The predicted octanol–water partition coefficient (Wildman–Crippen LogP) is 2.47. The summed E-state index contributed by atoms with van der Waals surface area (Å²) in [6, 6.07) is 0. The second-order valence-electron chi connectivity index (χ2n) is 4.88. The van der Waals surface area contributed by atoms with Crippen LogP contribution in [0.4, 0.5) is 0 Å². The van der Waals surface area contributed by atoms with Crippen molar-refractivity contribution in [2.45, 2.75) is 66.2 Å². The number of hydrogen-bond donors (Lipinski definition) is 2. The molecule has 0 aromatic heterocycles. The summed E-state index contributed by atoms with van der Waals surface area (Å²) in [6.45, 7) is 10.1. The molecule has 0 amide bonds. The Hall–Kier alpha value is -1.18. The molecule has 0 unspecified atom stereocenters. The van der Waals surface area contributed by atoms with Gasteiger partial charge in [-0.3, -0.25) is 9.59 Å². The van der Waals surface area contributed by atoms with E-state index in [1.807, 2.05) is 27.7 Å². The zero-order chi connectivity index (χ0) is 19.8. The molecular weight excluding hydrogens is 328 g/mol. The minimum atomic E-state index is -0.148. The summed E-state index contributed by atoms with van der Waals surface area (Å²) < 4.78 is 14.7. The molecule has 0 atom stereocenters. The first-order valence-electron chi connectivity index (χ1n) is 9.14. The molecule has 0 aromatic carbocycles. The van der Waals surface area contributed by atoms with Crippen molar-refractivity contribution in [1.82, 2.24) is 0 Å². The Morgan fingerprint density at radius 3 is 1.28 bits per heavy atom. The quantitative estimate of drug-likeness (QED) is 0.404. The van der Waals surface area contributed by atoms with Gasteiger partial charge in [-0.05, 0) is 39.5 Å². The van der Waals surface area contributed by atoms with Crippen molar-refractivity contribution in [1.29, 1.82) is 0 Å². The fourth-order valence-corrected chi connectivity index (χ4v) is 1.33. The van der Waals surface area contributed by atoms with Crippen LogP contribution in [-0.4, -0.2) is 61.8 Å². The number of carbonyl (C=O) groups excluding carboxylic acids is 2. The van der Waals surface area contributed by atoms with E-state index in [0.29, 0.717) is 26.1 Å². The standard InChI is InChI=1S/C12H22O4.C4H10O.C2H6O2/c1-3-7-11(13)15-9-5-6-10-16-12(14)8-4-2;1-3-5-4-2;3-1-2-4/h3-10H2,1-2H3;3-4H2,1-2H3;3-4H,1-2H2. The average molecular weight is 366 g/mol. The molecule has 152 valence electrons. The molecule has 2 N–H and O–H groups in total. The van der Waals surface area contributed by atoms with Crippen LogP contribution in [0.1, 0.15) is 66.2 Å². The Labute approximate surface area is 152 Å². The van der Waals surface area contributed by atoms with Crippen LogP contribution < -0.4 is 0 Å². The van der Waals surface area contributed by atoms with Crippen molar-refractivity contribution in [3.63, 3.8) is 0 Å². The molecule has 0 aliphatic rings. The maximum absolute atomic E-state index is 11.0. The lowest BCUT2D eigenvalue weighted by Crippen LogP contribution is -2.08. The highest BCUT2D eigenvalue weighted by molar-refractivity contribution is 5.69. The molecule has 0 heterocycles. The number of hydrogen-bond acceptors (Lipinski definition) is 7. The topological polar surface area (TPSA) is 102 Å². The van der Waals surface area contributed by atoms with Crippen molar-refractivity contribution in [2.75, 3.05) is 39.6 Å². The van der Waals surface area contributed by atoms with Gasteiger partial charge >= 0.3 is 11.9 Å². The summed E-state index contributed by atoms with van der Waals surface area (Å²) in [4.78, 5) is 21.9. The van der Waals surface area contributed by atoms with E-state index in [1.165, 1.54) is 0 Å². The van der Waals surface area contributed by atoms with E-state index in [9.17, 15) is 9.59 Å². The lowest BCUT2D eigenvalue weighted by molar-refractivity contribution is -0.146. The summed E-state index contributed by atoms with van der Waals surface area (Å²) in [7, 11) is 0. The zero-order valence-corrected chi connectivity index (χ0v) is 16.4. The second kappa shape index (κ2) is 27.7. The molecule has 0 spiro atoms. The van der Waals surface area contributed by atoms with Crippen LogP contribution in [0.25, 0.3) is 0 Å². The number of carbonyl (C=O) groups is 2. The Balaban J connectivity index is -0.000000442. The zero-order valence-electron chi connectivity index (χ0n) is 16.4. The number of aliphatic hydroxyl groups is 2. The van der Waals surface area contributed by atoms with Crippen molar-refractivity contribution >= 4 is 11.9 Å². The van der Waals surface area contributed by atoms with Gasteiger partial charge in [0.05, 0.1) is 26.4 Å². The Bertz CT molecular complexity index is 244. The van der Waals surface area contributed by atoms with E-state index in [-0.39, 0.29) is 25.2 Å². The van der Waals surface area contributed by atoms with Gasteiger partial charge in [-0.1, -0.05) is 13.8 Å². The molecule has 0 fully saturated rings. The molecule has 7 nitrogen and oxygen atoms in total. The minimum Gasteiger partial charge on any atom is -0.466 e. The van der Waals surface area contributed by atoms with Crippen LogP contribution in [0.3, 0.4) is 0 Å². The van der Waals surface area contributed by atoms with Crippen molar-refractivity contribution in [3.05, 3.63) is 0 Å². The highest BCUT2D eigenvalue weighted by atomic mass is 16.5. The van der Waals surface area contributed by atoms with Gasteiger partial charge in [0, 0.05) is 26.1 Å². The van der Waals surface area contributed by atoms with Crippen molar-refractivity contribution < 1.29 is 34.0 Å². The Morgan fingerprint density at radius 1 is 0.720 bits per heavy atom. The van der Waals surface area contributed by atoms with Crippen LogP contribution in [0.2, 0.25) is 0 Å². The van der Waals surface area contributed by atoms with Gasteiger partial charge in [-0.25, -0.2) is 0 Å². The molecule has 0 aromatic rings. The summed E-state index contributed by atoms with van der Waals surface area (Å²) in [5.41, 5.74) is 0. The third-order valence-corrected chi connectivity index (χ3v) is 2.48. The van der Waals surface area contributed by atoms with Gasteiger partial charge in [0.1, 0.15) is 0 Å². The monoisotopic (exact) mass is 366 g/mol. The number of ether oxygens (including phenoxy) is 3. The maximum atomic E-state index is 11.0. The summed E-state index contributed by atoms with van der Waals surface area (Å²) in [6.07, 6.45) is 4.07. The molecule has 0 saturated heterocycles. The Kier molecular flexibility index (Phi) is 31.7. The van der Waals surface area contributed by atoms with Gasteiger partial charge in [0.25, 0.3) is 0 Å². The van der Waals surface area contributed by atoms with Gasteiger partial charge in [-0.15, -0.1) is 0 Å². The smallest absolute Gasteiger partial charge is 0.305 e. The largest absolute Gasteiger partial charge is 0.466 e. The Morgan fingerprint density at radius 2 is 1.08 bits per heavy atom. The van der Waals surface area contributed by atoms with Gasteiger partial charge in [-0.2, -0.15) is 0 Å². The predicted molar refractivity (Wildman–Crippen MR) is 97.3 cm³/mol. The first-order chi connectivity index (χ1) is 12.0. The summed E-state index contributed by atoms with van der Waals surface area (Å²) in [5.74, 6) is -0.295. The van der Waals surface area contributed by atoms with Crippen LogP contribution in [0.5, 0.6) is 0 Å². The van der Waals surface area contributed by atoms with E-state index in [0.717, 1.165) is 38.9 Å². The average Bonchev–Trinajstić information content (AvgIpc) is 2.60. The normalized spacial score (nSPS) is 9.20. The molecule has 0 radical (unpaired) electrons. The van der Waals surface area contributed by atoms with E-state index in [1.54, 1.807) is 0 Å². The van der Waals surface area contributed by atoms with Crippen LogP contribution in [0.15, 0.2) is 0 Å². The second-order valence-corrected chi connectivity index (χ2v) is 4.88. The SMILES string of the molecule is CCCC(=O)OCCCCOC(=O)CCC.CCOCC.OCCO. The lowest BCUT2D eigenvalue weighted by Gasteiger charge is -2.05. The third-order valence-electron chi connectivity index (χ3n) is 2.48. The highest BCUT2D eigenvalue weighted by Gasteiger charge is 2.01. The number of rotatable bonds is 12. The molecular formula is C18H38O7. The number of aliphatic hydroxyl groups excluding tert-OH is 2. The van der Waals surface area contributed by atoms with Gasteiger partial charge < -0.3 is 24.4 Å². The molecule has 0 bridgehead atoms. The summed E-state index contributed by atoms with van der Waals surface area (Å²) >= 11 is 0. The van der Waals surface area contributed by atoms with Crippen LogP contribution >= 0.6 is 0 Å². The number of unbranched alkanes of at least 4 members (excludes halogenated alkanes) is 1. The van der Waals surface area contributed by atoms with Crippen LogP contribution in [-0.2, 0) is 23.8 Å². The van der Waals surface area contributed by atoms with E-state index >= 15 is 0 Å². The van der Waals surface area contributed by atoms with Gasteiger partial charge in [0.15, 0.2) is 0 Å². The summed E-state index contributed by atoms with van der Waals surface area (Å²) in [5, 5.41) is 15.2. The van der Waals surface area contributed by atoms with E-state index < -0.39 is 0 Å². The molecule has 25 heavy (non-hydrogen) atoms. The van der Waals surface area contributed by atoms with Crippen molar-refractivity contribution in [3.8, 4) is 0 Å². The maximum Gasteiger partial charge on any atom is 0.305 e. The highest BCUT2D eigenvalue weighted by Crippen LogP contribution is 1.97. The fourth-order valence-electron chi connectivity index (χ4n) is 1.33. The lowest BCUT2D eigenvalue weighted by atomic mass is 10.3. The molecule has 0 aliphatic carbocycles. The molecule has 0 aliphatic heterocycles. The van der Waals surface area contributed by atoms with Gasteiger partial charge in [0.2, 0.25) is 0 Å². The van der Waals surface area contributed by atoms with Crippen LogP contribution in [0, 0.1) is 0 Å². The minimum absolute atomic E-state index is 0.125. The third kappa shape index (κ3) is 35.0. The first kappa shape index (κ1) is 28.6. The first-order valence-corrected chi connectivity index (χ1v) is 9.14. The van der Waals surface area contributed by atoms with Crippen molar-refractivity contribution in [2.24, 2.45) is 0 Å². The fraction of sp³-hybridized carbons (Fsp3) is 0.889. The molecule has 0 rings (SSSR count). The molecule has 7 heteroatoms. The van der Waals surface area contributed by atoms with E-state index in [4.69, 9.17) is 24.4 Å².